The largest absolute Gasteiger partial charge is 0.396 e. The van der Waals surface area contributed by atoms with Crippen LogP contribution >= 0.6 is 34.8 Å². The third-order valence-corrected chi connectivity index (χ3v) is 3.50. The predicted molar refractivity (Wildman–Crippen MR) is 65.9 cm³/mol. The number of pyridine rings is 1. The highest BCUT2D eigenvalue weighted by Gasteiger charge is 2.12. The van der Waals surface area contributed by atoms with E-state index < -0.39 is 0 Å². The number of nitrogen functional groups attached to an aromatic ring is 1. The maximum Gasteiger partial charge on any atom is 0.0962 e. The van der Waals surface area contributed by atoms with Gasteiger partial charge >= 0.3 is 0 Å². The monoisotopic (exact) mass is 260 g/mol. The molecule has 0 radical (unpaired) electrons. The Morgan fingerprint density at radius 3 is 2.53 bits per heavy atom. The summed E-state index contributed by atoms with van der Waals surface area (Å²) >= 11 is 18.0. The van der Waals surface area contributed by atoms with Gasteiger partial charge in [-0.2, -0.15) is 0 Å². The van der Waals surface area contributed by atoms with Crippen LogP contribution in [0.1, 0.15) is 5.56 Å². The van der Waals surface area contributed by atoms with Gasteiger partial charge in [0.15, 0.2) is 0 Å². The van der Waals surface area contributed by atoms with Gasteiger partial charge in [0, 0.05) is 11.6 Å². The summed E-state index contributed by atoms with van der Waals surface area (Å²) in [6.45, 7) is 1.87. The number of rotatable bonds is 0. The number of nitrogens with two attached hydrogens (primary N) is 1. The minimum atomic E-state index is 0.316. The molecule has 0 unspecified atom stereocenters. The molecule has 0 saturated carbocycles. The van der Waals surface area contributed by atoms with Crippen LogP contribution in [0.15, 0.2) is 12.3 Å². The molecular weight excluding hydrogens is 254 g/mol. The van der Waals surface area contributed by atoms with Crippen LogP contribution in [0.4, 0.5) is 5.69 Å². The summed E-state index contributed by atoms with van der Waals surface area (Å²) in [5.74, 6) is 0. The number of hydrogen-bond donors (Lipinski definition) is 1. The normalized spacial score (nSPS) is 10.9. The lowest BCUT2D eigenvalue weighted by atomic mass is 10.1. The van der Waals surface area contributed by atoms with Crippen molar-refractivity contribution in [1.29, 1.82) is 0 Å². The second kappa shape index (κ2) is 3.71. The van der Waals surface area contributed by atoms with Crippen LogP contribution in [0.5, 0.6) is 0 Å². The topological polar surface area (TPSA) is 38.9 Å². The smallest absolute Gasteiger partial charge is 0.0962 e. The van der Waals surface area contributed by atoms with Crippen molar-refractivity contribution in [1.82, 2.24) is 4.98 Å². The lowest BCUT2D eigenvalue weighted by molar-refractivity contribution is 1.33. The van der Waals surface area contributed by atoms with E-state index in [9.17, 15) is 0 Å². The molecule has 15 heavy (non-hydrogen) atoms. The third-order valence-electron chi connectivity index (χ3n) is 2.20. The summed E-state index contributed by atoms with van der Waals surface area (Å²) in [6, 6.07) is 1.68. The Labute approximate surface area is 102 Å². The van der Waals surface area contributed by atoms with Gasteiger partial charge in [-0.1, -0.05) is 34.8 Å². The quantitative estimate of drug-likeness (QED) is 0.726. The Morgan fingerprint density at radius 2 is 1.87 bits per heavy atom. The molecule has 2 rings (SSSR count). The Morgan fingerprint density at radius 1 is 1.20 bits per heavy atom. The molecule has 2 N–H and O–H groups in total. The molecule has 0 spiro atoms. The van der Waals surface area contributed by atoms with E-state index in [-0.39, 0.29) is 0 Å². The van der Waals surface area contributed by atoms with E-state index in [4.69, 9.17) is 40.5 Å². The number of benzene rings is 1. The van der Waals surface area contributed by atoms with Crippen molar-refractivity contribution in [3.8, 4) is 0 Å². The predicted octanol–water partition coefficient (Wildman–Crippen LogP) is 4.09. The summed E-state index contributed by atoms with van der Waals surface area (Å²) in [5.41, 5.74) is 7.62. The van der Waals surface area contributed by atoms with Gasteiger partial charge in [-0.3, -0.25) is 4.98 Å². The Bertz CT molecular complexity index is 552. The van der Waals surface area contributed by atoms with Gasteiger partial charge in [0.1, 0.15) is 0 Å². The van der Waals surface area contributed by atoms with Gasteiger partial charge in [-0.15, -0.1) is 0 Å². The number of nitrogens with zero attached hydrogens (tertiary/aromatic N) is 1. The van der Waals surface area contributed by atoms with Gasteiger partial charge in [-0.25, -0.2) is 0 Å². The van der Waals surface area contributed by atoms with E-state index in [2.05, 4.69) is 4.98 Å². The number of halogens is 3. The Hall–Kier alpha value is -0.700. The first-order chi connectivity index (χ1) is 7.02. The average Bonchev–Trinajstić information content (AvgIpc) is 2.21. The molecule has 1 heterocycles. The van der Waals surface area contributed by atoms with Crippen LogP contribution < -0.4 is 5.73 Å². The molecule has 5 heteroatoms. The zero-order valence-corrected chi connectivity index (χ0v) is 10.1. The maximum atomic E-state index is 6.13. The number of aryl methyl sites for hydroxylation is 1. The number of aromatic nitrogens is 1. The van der Waals surface area contributed by atoms with Crippen LogP contribution in [0.3, 0.4) is 0 Å². The molecule has 0 aliphatic carbocycles. The summed E-state index contributed by atoms with van der Waals surface area (Å²) in [7, 11) is 0. The van der Waals surface area contributed by atoms with Gasteiger partial charge in [0.2, 0.25) is 0 Å². The van der Waals surface area contributed by atoms with Gasteiger partial charge in [0.25, 0.3) is 0 Å². The minimum Gasteiger partial charge on any atom is -0.396 e. The van der Waals surface area contributed by atoms with Crippen molar-refractivity contribution >= 4 is 51.4 Å². The van der Waals surface area contributed by atoms with E-state index in [1.54, 1.807) is 12.3 Å². The number of anilines is 1. The summed E-state index contributed by atoms with van der Waals surface area (Å²) in [4.78, 5) is 4.19. The summed E-state index contributed by atoms with van der Waals surface area (Å²) < 4.78 is 0. The van der Waals surface area contributed by atoms with Crippen molar-refractivity contribution < 1.29 is 0 Å². The summed E-state index contributed by atoms with van der Waals surface area (Å²) in [6.07, 6.45) is 1.66. The molecule has 0 amide bonds. The van der Waals surface area contributed by atoms with E-state index in [0.29, 0.717) is 26.3 Å². The van der Waals surface area contributed by atoms with E-state index in [0.717, 1.165) is 10.9 Å². The average molecular weight is 262 g/mol. The zero-order chi connectivity index (χ0) is 11.2. The molecule has 2 nitrogen and oxygen atoms in total. The van der Waals surface area contributed by atoms with Gasteiger partial charge < -0.3 is 5.73 Å². The van der Waals surface area contributed by atoms with Crippen LogP contribution in [-0.4, -0.2) is 4.98 Å². The molecule has 2 aromatic rings. The molecule has 0 aliphatic rings. The first-order valence-corrected chi connectivity index (χ1v) is 5.34. The summed E-state index contributed by atoms with van der Waals surface area (Å²) in [5, 5.41) is 2.03. The molecule has 0 saturated heterocycles. The van der Waals surface area contributed by atoms with Crippen molar-refractivity contribution in [3.63, 3.8) is 0 Å². The van der Waals surface area contributed by atoms with Crippen LogP contribution in [0.25, 0.3) is 10.9 Å². The van der Waals surface area contributed by atoms with Crippen molar-refractivity contribution in [2.45, 2.75) is 6.92 Å². The van der Waals surface area contributed by atoms with E-state index in [1.807, 2.05) is 6.92 Å². The zero-order valence-electron chi connectivity index (χ0n) is 7.81. The van der Waals surface area contributed by atoms with Crippen LogP contribution in [0, 0.1) is 6.92 Å². The highest BCUT2D eigenvalue weighted by molar-refractivity contribution is 6.46. The third kappa shape index (κ3) is 1.63. The highest BCUT2D eigenvalue weighted by atomic mass is 35.5. The van der Waals surface area contributed by atoms with Crippen LogP contribution in [0.2, 0.25) is 15.1 Å². The lowest BCUT2D eigenvalue weighted by Crippen LogP contribution is -1.93. The molecule has 0 fully saturated rings. The van der Waals surface area contributed by atoms with Gasteiger partial charge in [-0.05, 0) is 18.6 Å². The Balaban J connectivity index is 2.98. The molecule has 0 atom stereocenters. The molecular formula is C10H7Cl3N2. The van der Waals surface area contributed by atoms with E-state index >= 15 is 0 Å². The number of hydrogen-bond acceptors (Lipinski definition) is 2. The van der Waals surface area contributed by atoms with Gasteiger partial charge in [0.05, 0.1) is 26.3 Å². The van der Waals surface area contributed by atoms with Crippen molar-refractivity contribution in [2.24, 2.45) is 0 Å². The maximum absolute atomic E-state index is 6.13. The van der Waals surface area contributed by atoms with Crippen LogP contribution in [-0.2, 0) is 0 Å². The molecule has 78 valence electrons. The molecule has 0 aliphatic heterocycles. The second-order valence-corrected chi connectivity index (χ2v) is 4.40. The van der Waals surface area contributed by atoms with E-state index in [1.165, 1.54) is 0 Å². The van der Waals surface area contributed by atoms with Crippen molar-refractivity contribution in [3.05, 3.63) is 32.9 Å². The highest BCUT2D eigenvalue weighted by Crippen LogP contribution is 2.37. The first kappa shape index (κ1) is 10.8. The molecule has 1 aromatic carbocycles. The fourth-order valence-corrected chi connectivity index (χ4v) is 1.92. The Kier molecular flexibility index (Phi) is 2.67. The first-order valence-electron chi connectivity index (χ1n) is 4.20. The minimum absolute atomic E-state index is 0.316. The van der Waals surface area contributed by atoms with Crippen molar-refractivity contribution in [2.75, 3.05) is 5.73 Å². The fraction of sp³-hybridized carbons (Fsp3) is 0.100. The molecule has 0 bridgehead atoms. The number of fused-ring (bicyclic) bond motifs is 1. The standard InChI is InChI=1S/C10H7Cl3N2/c1-4-3-15-10-5(7(4)12)2-6(11)8(13)9(10)14/h2-3H,14H2,1H3. The lowest BCUT2D eigenvalue weighted by Gasteiger charge is -2.08. The SMILES string of the molecule is Cc1cnc2c(N)c(Cl)c(Cl)cc2c1Cl. The second-order valence-electron chi connectivity index (χ2n) is 3.24. The fourth-order valence-electron chi connectivity index (χ4n) is 1.37. The molecule has 1 aromatic heterocycles.